The summed E-state index contributed by atoms with van der Waals surface area (Å²) in [5.41, 5.74) is -0.000291. The van der Waals surface area contributed by atoms with Crippen molar-refractivity contribution in [2.45, 2.75) is 39.2 Å². The van der Waals surface area contributed by atoms with Gasteiger partial charge in [-0.25, -0.2) is 0 Å². The molecule has 2 aliphatic carbocycles. The summed E-state index contributed by atoms with van der Waals surface area (Å²) >= 11 is 3.44. The van der Waals surface area contributed by atoms with Crippen LogP contribution in [0.1, 0.15) is 33.1 Å². The molecule has 0 spiro atoms. The van der Waals surface area contributed by atoms with E-state index in [1.165, 1.54) is 0 Å². The highest BCUT2D eigenvalue weighted by molar-refractivity contribution is 9.10. The number of fused-ring (bicyclic) bond motifs is 2. The molecule has 108 valence electrons. The average Bonchev–Trinajstić information content (AvgIpc) is 2.93. The molecule has 1 aromatic carbocycles. The minimum Gasteiger partial charge on any atom is -0.391 e. The van der Waals surface area contributed by atoms with Gasteiger partial charge in [0, 0.05) is 4.47 Å². The number of benzene rings is 1. The Kier molecular flexibility index (Phi) is 3.22. The van der Waals surface area contributed by atoms with Crippen LogP contribution in [0.25, 0.3) is 0 Å². The van der Waals surface area contributed by atoms with Crippen LogP contribution in [0.2, 0.25) is 0 Å². The van der Waals surface area contributed by atoms with Gasteiger partial charge in [0.25, 0.3) is 0 Å². The van der Waals surface area contributed by atoms with Crippen molar-refractivity contribution >= 4 is 27.5 Å². The summed E-state index contributed by atoms with van der Waals surface area (Å²) in [6, 6.07) is 7.58. The van der Waals surface area contributed by atoms with Gasteiger partial charge in [-0.3, -0.25) is 4.79 Å². The Morgan fingerprint density at radius 3 is 2.70 bits per heavy atom. The maximum Gasteiger partial charge on any atom is 0.233 e. The summed E-state index contributed by atoms with van der Waals surface area (Å²) in [6.45, 7) is 4.16. The molecule has 0 saturated heterocycles. The second-order valence-electron chi connectivity index (χ2n) is 6.75. The molecule has 3 atom stereocenters. The van der Waals surface area contributed by atoms with Crippen molar-refractivity contribution in [2.75, 3.05) is 5.32 Å². The summed E-state index contributed by atoms with van der Waals surface area (Å²) in [4.78, 5) is 12.8. The number of aliphatic hydroxyl groups is 1. The van der Waals surface area contributed by atoms with Crippen molar-refractivity contribution in [2.24, 2.45) is 16.7 Å². The molecule has 2 N–H and O–H groups in total. The molecule has 0 aromatic heterocycles. The topological polar surface area (TPSA) is 49.3 Å². The molecule has 1 amide bonds. The van der Waals surface area contributed by atoms with E-state index in [9.17, 15) is 9.90 Å². The highest BCUT2D eigenvalue weighted by Gasteiger charge is 2.64. The molecule has 4 heteroatoms. The molecule has 2 fully saturated rings. The smallest absolute Gasteiger partial charge is 0.233 e. The molecule has 1 aromatic rings. The van der Waals surface area contributed by atoms with Crippen LogP contribution in [0.3, 0.4) is 0 Å². The molecular formula is C16H20BrNO2. The molecule has 2 aliphatic rings. The van der Waals surface area contributed by atoms with E-state index in [-0.39, 0.29) is 11.3 Å². The molecule has 2 saturated carbocycles. The van der Waals surface area contributed by atoms with Crippen LogP contribution in [-0.4, -0.2) is 17.1 Å². The number of carbonyl (C=O) groups is 1. The van der Waals surface area contributed by atoms with Gasteiger partial charge >= 0.3 is 0 Å². The SMILES string of the molecule is CC1(C)C2CCC(C(=O)Nc3ccccc3Br)(C2)C1O. The first kappa shape index (κ1) is 14.1. The number of amides is 1. The molecule has 3 nitrogen and oxygen atoms in total. The molecule has 0 aliphatic heterocycles. The Bertz CT molecular complexity index is 557. The number of rotatable bonds is 2. The van der Waals surface area contributed by atoms with Crippen molar-refractivity contribution in [1.29, 1.82) is 0 Å². The van der Waals surface area contributed by atoms with E-state index in [0.29, 0.717) is 5.92 Å². The van der Waals surface area contributed by atoms with E-state index in [1.54, 1.807) is 0 Å². The van der Waals surface area contributed by atoms with Crippen molar-refractivity contribution in [3.8, 4) is 0 Å². The molecular weight excluding hydrogens is 318 g/mol. The van der Waals surface area contributed by atoms with Crippen LogP contribution in [-0.2, 0) is 4.79 Å². The first-order valence-electron chi connectivity index (χ1n) is 7.12. The number of hydrogen-bond acceptors (Lipinski definition) is 2. The van der Waals surface area contributed by atoms with Crippen molar-refractivity contribution in [3.63, 3.8) is 0 Å². The third-order valence-corrected chi connectivity index (χ3v) is 6.10. The lowest BCUT2D eigenvalue weighted by Gasteiger charge is -2.39. The third kappa shape index (κ3) is 1.85. The van der Waals surface area contributed by atoms with Crippen molar-refractivity contribution in [3.05, 3.63) is 28.7 Å². The fourth-order valence-electron chi connectivity index (χ4n) is 4.03. The summed E-state index contributed by atoms with van der Waals surface area (Å²) in [6.07, 6.45) is 2.07. The molecule has 3 unspecified atom stereocenters. The van der Waals surface area contributed by atoms with E-state index in [1.807, 2.05) is 24.3 Å². The Balaban J connectivity index is 1.87. The number of nitrogens with one attached hydrogen (secondary N) is 1. The lowest BCUT2D eigenvalue weighted by Crippen LogP contribution is -2.48. The van der Waals surface area contributed by atoms with E-state index in [0.717, 1.165) is 29.4 Å². The largest absolute Gasteiger partial charge is 0.391 e. The third-order valence-electron chi connectivity index (χ3n) is 5.40. The number of anilines is 1. The van der Waals surface area contributed by atoms with Crippen molar-refractivity contribution < 1.29 is 9.90 Å². The van der Waals surface area contributed by atoms with Crippen LogP contribution in [0.4, 0.5) is 5.69 Å². The first-order valence-corrected chi connectivity index (χ1v) is 7.91. The van der Waals surface area contributed by atoms with Gasteiger partial charge in [-0.15, -0.1) is 0 Å². The molecule has 0 heterocycles. The first-order chi connectivity index (χ1) is 9.38. The minimum absolute atomic E-state index is 0.0371. The Morgan fingerprint density at radius 2 is 2.10 bits per heavy atom. The number of halogens is 1. The fraction of sp³-hybridized carbons (Fsp3) is 0.562. The van der Waals surface area contributed by atoms with Gasteiger partial charge in [-0.2, -0.15) is 0 Å². The predicted octanol–water partition coefficient (Wildman–Crippen LogP) is 3.57. The Hall–Kier alpha value is -0.870. The Morgan fingerprint density at radius 1 is 1.40 bits per heavy atom. The van der Waals surface area contributed by atoms with E-state index < -0.39 is 11.5 Å². The number of hydrogen-bond donors (Lipinski definition) is 2. The van der Waals surface area contributed by atoms with Gasteiger partial charge < -0.3 is 10.4 Å². The quantitative estimate of drug-likeness (QED) is 0.866. The van der Waals surface area contributed by atoms with Crippen LogP contribution in [0.15, 0.2) is 28.7 Å². The lowest BCUT2D eigenvalue weighted by molar-refractivity contribution is -0.135. The maximum absolute atomic E-state index is 12.8. The maximum atomic E-state index is 12.8. The normalized spacial score (nSPS) is 34.2. The average molecular weight is 338 g/mol. The summed E-state index contributed by atoms with van der Waals surface area (Å²) in [5.74, 6) is 0.410. The second kappa shape index (κ2) is 4.57. The summed E-state index contributed by atoms with van der Waals surface area (Å²) in [5, 5.41) is 13.6. The van der Waals surface area contributed by atoms with Gasteiger partial charge in [-0.05, 0) is 58.7 Å². The fourth-order valence-corrected chi connectivity index (χ4v) is 4.42. The monoisotopic (exact) mass is 337 g/mol. The van der Waals surface area contributed by atoms with E-state index >= 15 is 0 Å². The van der Waals surface area contributed by atoms with Crippen LogP contribution >= 0.6 is 15.9 Å². The van der Waals surface area contributed by atoms with Crippen LogP contribution < -0.4 is 5.32 Å². The van der Waals surface area contributed by atoms with Crippen LogP contribution in [0, 0.1) is 16.7 Å². The van der Waals surface area contributed by atoms with Gasteiger partial charge in [0.05, 0.1) is 17.2 Å². The summed E-state index contributed by atoms with van der Waals surface area (Å²) < 4.78 is 0.867. The summed E-state index contributed by atoms with van der Waals surface area (Å²) in [7, 11) is 0. The lowest BCUT2D eigenvalue weighted by atomic mass is 9.69. The minimum atomic E-state index is -0.608. The highest BCUT2D eigenvalue weighted by atomic mass is 79.9. The molecule has 3 rings (SSSR count). The highest BCUT2D eigenvalue weighted by Crippen LogP contribution is 2.62. The zero-order chi connectivity index (χ0) is 14.5. The predicted molar refractivity (Wildman–Crippen MR) is 82.3 cm³/mol. The van der Waals surface area contributed by atoms with E-state index in [4.69, 9.17) is 0 Å². The number of carbonyl (C=O) groups excluding carboxylic acids is 1. The number of para-hydroxylation sites is 1. The second-order valence-corrected chi connectivity index (χ2v) is 7.61. The zero-order valence-electron chi connectivity index (χ0n) is 11.8. The molecule has 20 heavy (non-hydrogen) atoms. The van der Waals surface area contributed by atoms with E-state index in [2.05, 4.69) is 35.1 Å². The van der Waals surface area contributed by atoms with Gasteiger partial charge in [0.1, 0.15) is 0 Å². The van der Waals surface area contributed by atoms with Gasteiger partial charge in [-0.1, -0.05) is 26.0 Å². The standard InChI is InChI=1S/C16H20BrNO2/c1-15(2)10-7-8-16(9-10,13(15)19)14(20)18-12-6-4-3-5-11(12)17/h3-6,10,13,19H,7-9H2,1-2H3,(H,18,20). The van der Waals surface area contributed by atoms with Gasteiger partial charge in [0.15, 0.2) is 0 Å². The Labute approximate surface area is 127 Å². The molecule has 0 radical (unpaired) electrons. The van der Waals surface area contributed by atoms with Crippen molar-refractivity contribution in [1.82, 2.24) is 0 Å². The van der Waals surface area contributed by atoms with Gasteiger partial charge in [0.2, 0.25) is 5.91 Å². The van der Waals surface area contributed by atoms with Crippen LogP contribution in [0.5, 0.6) is 0 Å². The molecule has 2 bridgehead atoms. The zero-order valence-corrected chi connectivity index (χ0v) is 13.4. The number of aliphatic hydroxyl groups excluding tert-OH is 1.